The number of non-ortho nitro benzene ring substituents is 1. The van der Waals surface area contributed by atoms with Gasteiger partial charge < -0.3 is 10.6 Å². The summed E-state index contributed by atoms with van der Waals surface area (Å²) in [5.74, 6) is 0.0153. The highest BCUT2D eigenvalue weighted by molar-refractivity contribution is 5.64. The highest BCUT2D eigenvalue weighted by Gasteiger charge is 2.35. The van der Waals surface area contributed by atoms with Crippen LogP contribution in [0.1, 0.15) is 49.1 Å². The molecule has 0 amide bonds. The third-order valence-corrected chi connectivity index (χ3v) is 5.66. The molecule has 1 saturated carbocycles. The van der Waals surface area contributed by atoms with Crippen molar-refractivity contribution in [1.29, 1.82) is 0 Å². The van der Waals surface area contributed by atoms with Gasteiger partial charge in [-0.05, 0) is 42.5 Å². The number of halogens is 3. The predicted molar refractivity (Wildman–Crippen MR) is 119 cm³/mol. The average Bonchev–Trinajstić information content (AvgIpc) is 2.80. The molecule has 10 heteroatoms. The number of nitrogens with one attached hydrogen (secondary N) is 2. The van der Waals surface area contributed by atoms with Crippen molar-refractivity contribution in [1.82, 2.24) is 9.97 Å². The van der Waals surface area contributed by atoms with Crippen LogP contribution >= 0.6 is 0 Å². The molecule has 1 fully saturated rings. The van der Waals surface area contributed by atoms with E-state index in [1.54, 1.807) is 0 Å². The van der Waals surface area contributed by atoms with Gasteiger partial charge in [0.2, 0.25) is 5.95 Å². The van der Waals surface area contributed by atoms with Crippen LogP contribution in [-0.2, 0) is 6.18 Å². The Labute approximate surface area is 188 Å². The molecule has 0 atom stereocenters. The van der Waals surface area contributed by atoms with Gasteiger partial charge in [0, 0.05) is 29.7 Å². The van der Waals surface area contributed by atoms with Crippen LogP contribution in [0.25, 0.3) is 0 Å². The minimum atomic E-state index is -4.71. The highest BCUT2D eigenvalue weighted by Crippen LogP contribution is 2.36. The van der Waals surface area contributed by atoms with Gasteiger partial charge in [0.05, 0.1) is 4.92 Å². The van der Waals surface area contributed by atoms with Gasteiger partial charge in [-0.2, -0.15) is 18.2 Å². The minimum absolute atomic E-state index is 0.0265. The molecule has 1 heterocycles. The lowest BCUT2D eigenvalue weighted by Crippen LogP contribution is -2.12. The predicted octanol–water partition coefficient (Wildman–Crippen LogP) is 6.94. The van der Waals surface area contributed by atoms with E-state index < -0.39 is 22.5 Å². The normalized spacial score (nSPS) is 14.6. The van der Waals surface area contributed by atoms with E-state index >= 15 is 0 Å². The molecule has 0 spiro atoms. The zero-order chi connectivity index (χ0) is 23.4. The number of hydrogen-bond donors (Lipinski definition) is 2. The number of nitro benzene ring substituents is 1. The van der Waals surface area contributed by atoms with E-state index in [0.29, 0.717) is 17.8 Å². The Kier molecular flexibility index (Phi) is 6.43. The van der Waals surface area contributed by atoms with Crippen LogP contribution in [0.3, 0.4) is 0 Å². The van der Waals surface area contributed by atoms with Crippen LogP contribution in [-0.4, -0.2) is 14.9 Å². The number of alkyl halides is 3. The number of anilines is 4. The molecule has 0 saturated heterocycles. The molecule has 0 unspecified atom stereocenters. The minimum Gasteiger partial charge on any atom is -0.339 e. The summed E-state index contributed by atoms with van der Waals surface area (Å²) in [6, 6.07) is 12.9. The summed E-state index contributed by atoms with van der Waals surface area (Å²) in [5.41, 5.74) is 0.680. The summed E-state index contributed by atoms with van der Waals surface area (Å²) in [4.78, 5) is 18.2. The number of hydrogen-bond acceptors (Lipinski definition) is 6. The van der Waals surface area contributed by atoms with E-state index in [0.717, 1.165) is 6.07 Å². The molecule has 33 heavy (non-hydrogen) atoms. The van der Waals surface area contributed by atoms with Crippen molar-refractivity contribution in [2.75, 3.05) is 10.6 Å². The van der Waals surface area contributed by atoms with Gasteiger partial charge in [-0.1, -0.05) is 37.5 Å². The van der Waals surface area contributed by atoms with E-state index in [-0.39, 0.29) is 17.3 Å². The molecule has 1 aliphatic rings. The van der Waals surface area contributed by atoms with Gasteiger partial charge in [0.15, 0.2) is 0 Å². The summed E-state index contributed by atoms with van der Waals surface area (Å²) in [6.45, 7) is 0. The Hall–Kier alpha value is -3.69. The zero-order valence-electron chi connectivity index (χ0n) is 17.6. The van der Waals surface area contributed by atoms with Gasteiger partial charge in [-0.25, -0.2) is 4.98 Å². The molecule has 0 radical (unpaired) electrons. The molecule has 1 aliphatic carbocycles. The molecule has 1 aromatic heterocycles. The average molecular weight is 457 g/mol. The lowest BCUT2D eigenvalue weighted by molar-refractivity contribution is -0.384. The van der Waals surface area contributed by atoms with Crippen LogP contribution in [0.2, 0.25) is 0 Å². The van der Waals surface area contributed by atoms with E-state index in [4.69, 9.17) is 0 Å². The van der Waals surface area contributed by atoms with Crippen LogP contribution < -0.4 is 10.6 Å². The van der Waals surface area contributed by atoms with Crippen molar-refractivity contribution < 1.29 is 18.1 Å². The fraction of sp³-hybridized carbons (Fsp3) is 0.304. The molecule has 0 aliphatic heterocycles. The van der Waals surface area contributed by atoms with Crippen LogP contribution in [0.15, 0.2) is 54.7 Å². The molecular weight excluding hydrogens is 435 g/mol. The SMILES string of the molecule is O=[N+]([O-])c1cccc(Nc2nc(Nc3ccc(C4CCCCC4)cc3)ncc2C(F)(F)F)c1. The summed E-state index contributed by atoms with van der Waals surface area (Å²) >= 11 is 0. The molecule has 3 aromatic rings. The topological polar surface area (TPSA) is 93.0 Å². The number of aromatic nitrogens is 2. The summed E-state index contributed by atoms with van der Waals surface area (Å²) in [6.07, 6.45) is 2.04. The Balaban J connectivity index is 1.57. The van der Waals surface area contributed by atoms with E-state index in [1.807, 2.05) is 24.3 Å². The number of nitrogens with zero attached hydrogens (tertiary/aromatic N) is 3. The van der Waals surface area contributed by atoms with E-state index in [9.17, 15) is 23.3 Å². The van der Waals surface area contributed by atoms with Gasteiger partial charge in [0.25, 0.3) is 5.69 Å². The highest BCUT2D eigenvalue weighted by atomic mass is 19.4. The zero-order valence-corrected chi connectivity index (χ0v) is 17.6. The second-order valence-corrected chi connectivity index (χ2v) is 7.97. The standard InChI is InChI=1S/C23H22F3N5O2/c24-23(25,26)20-14-27-22(30-21(20)28-18-7-4-8-19(13-18)31(32)33)29-17-11-9-16(10-12-17)15-5-2-1-3-6-15/h4,7-15H,1-3,5-6H2,(H2,27,28,29,30). The first kappa shape index (κ1) is 22.5. The van der Waals surface area contributed by atoms with Crippen LogP contribution in [0.5, 0.6) is 0 Å². The first-order valence-electron chi connectivity index (χ1n) is 10.6. The maximum Gasteiger partial charge on any atom is 0.421 e. The first-order valence-corrected chi connectivity index (χ1v) is 10.6. The van der Waals surface area contributed by atoms with Crippen molar-refractivity contribution in [3.63, 3.8) is 0 Å². The Morgan fingerprint density at radius 1 is 0.970 bits per heavy atom. The first-order chi connectivity index (χ1) is 15.8. The monoisotopic (exact) mass is 457 g/mol. The quantitative estimate of drug-likeness (QED) is 0.308. The van der Waals surface area contributed by atoms with E-state index in [2.05, 4.69) is 20.6 Å². The van der Waals surface area contributed by atoms with Crippen molar-refractivity contribution in [2.45, 2.75) is 44.2 Å². The molecule has 2 N–H and O–H groups in total. The molecular formula is C23H22F3N5O2. The van der Waals surface area contributed by atoms with Gasteiger partial charge in [0.1, 0.15) is 11.4 Å². The summed E-state index contributed by atoms with van der Waals surface area (Å²) < 4.78 is 40.5. The fourth-order valence-corrected chi connectivity index (χ4v) is 3.98. The number of nitro groups is 1. The van der Waals surface area contributed by atoms with Gasteiger partial charge in [-0.15, -0.1) is 0 Å². The smallest absolute Gasteiger partial charge is 0.339 e. The van der Waals surface area contributed by atoms with Crippen molar-refractivity contribution in [3.05, 3.63) is 76.0 Å². The second kappa shape index (κ2) is 9.43. The van der Waals surface area contributed by atoms with Crippen molar-refractivity contribution in [3.8, 4) is 0 Å². The number of benzene rings is 2. The molecule has 4 rings (SSSR count). The molecule has 0 bridgehead atoms. The second-order valence-electron chi connectivity index (χ2n) is 7.97. The largest absolute Gasteiger partial charge is 0.421 e. The molecule has 2 aromatic carbocycles. The Bertz CT molecular complexity index is 1130. The van der Waals surface area contributed by atoms with E-state index in [1.165, 1.54) is 55.9 Å². The van der Waals surface area contributed by atoms with Crippen molar-refractivity contribution >= 4 is 28.8 Å². The maximum atomic E-state index is 13.5. The lowest BCUT2D eigenvalue weighted by atomic mass is 9.84. The number of rotatable bonds is 6. The molecule has 7 nitrogen and oxygen atoms in total. The third-order valence-electron chi connectivity index (χ3n) is 5.66. The summed E-state index contributed by atoms with van der Waals surface area (Å²) in [5, 5.41) is 16.4. The van der Waals surface area contributed by atoms with Crippen molar-refractivity contribution in [2.24, 2.45) is 0 Å². The van der Waals surface area contributed by atoms with Crippen LogP contribution in [0.4, 0.5) is 42.0 Å². The molecule has 172 valence electrons. The lowest BCUT2D eigenvalue weighted by Gasteiger charge is -2.22. The third kappa shape index (κ3) is 5.57. The van der Waals surface area contributed by atoms with Gasteiger partial charge >= 0.3 is 6.18 Å². The Morgan fingerprint density at radius 3 is 2.36 bits per heavy atom. The van der Waals surface area contributed by atoms with Gasteiger partial charge in [-0.3, -0.25) is 10.1 Å². The maximum absolute atomic E-state index is 13.5. The summed E-state index contributed by atoms with van der Waals surface area (Å²) in [7, 11) is 0. The van der Waals surface area contributed by atoms with Crippen LogP contribution in [0, 0.1) is 10.1 Å². The fourth-order valence-electron chi connectivity index (χ4n) is 3.98. The Morgan fingerprint density at radius 2 is 1.70 bits per heavy atom.